The number of hydrogen-bond acceptors (Lipinski definition) is 3. The summed E-state index contributed by atoms with van der Waals surface area (Å²) in [5.41, 5.74) is 3.30. The zero-order valence-corrected chi connectivity index (χ0v) is 14.5. The van der Waals surface area contributed by atoms with Gasteiger partial charge >= 0.3 is 0 Å². The Bertz CT molecular complexity index is 777. The second-order valence-corrected chi connectivity index (χ2v) is 6.49. The van der Waals surface area contributed by atoms with Crippen molar-refractivity contribution in [1.82, 2.24) is 5.32 Å². The summed E-state index contributed by atoms with van der Waals surface area (Å²) in [5.74, 6) is 0.300. The van der Waals surface area contributed by atoms with Crippen molar-refractivity contribution in [3.63, 3.8) is 0 Å². The van der Waals surface area contributed by atoms with Gasteiger partial charge in [0, 0.05) is 17.3 Å². The van der Waals surface area contributed by atoms with Gasteiger partial charge in [-0.1, -0.05) is 12.1 Å². The van der Waals surface area contributed by atoms with Gasteiger partial charge in [-0.2, -0.15) is 0 Å². The molecule has 0 saturated heterocycles. The minimum Gasteiger partial charge on any atom is -0.484 e. The van der Waals surface area contributed by atoms with Crippen LogP contribution < -0.4 is 15.4 Å². The lowest BCUT2D eigenvalue weighted by atomic mass is 10.1. The highest BCUT2D eigenvalue weighted by Crippen LogP contribution is 2.20. The molecule has 0 heterocycles. The fourth-order valence-corrected chi connectivity index (χ4v) is 2.60. The van der Waals surface area contributed by atoms with Crippen molar-refractivity contribution in [2.45, 2.75) is 32.7 Å². The maximum atomic E-state index is 12.1. The van der Waals surface area contributed by atoms with E-state index >= 15 is 0 Å². The minimum atomic E-state index is -0.265. The molecule has 25 heavy (non-hydrogen) atoms. The highest BCUT2D eigenvalue weighted by atomic mass is 16.5. The van der Waals surface area contributed by atoms with Crippen molar-refractivity contribution in [2.75, 3.05) is 11.9 Å². The Balaban J connectivity index is 1.56. The highest BCUT2D eigenvalue weighted by Gasteiger charge is 2.23. The molecular formula is C20H22N2O3. The van der Waals surface area contributed by atoms with Gasteiger partial charge in [-0.05, 0) is 68.1 Å². The molecule has 0 radical (unpaired) electrons. The Morgan fingerprint density at radius 2 is 1.80 bits per heavy atom. The van der Waals surface area contributed by atoms with Crippen LogP contribution in [0.2, 0.25) is 0 Å². The lowest BCUT2D eigenvalue weighted by Gasteiger charge is -2.10. The molecule has 0 spiro atoms. The van der Waals surface area contributed by atoms with Crippen LogP contribution in [-0.4, -0.2) is 24.5 Å². The topological polar surface area (TPSA) is 67.4 Å². The van der Waals surface area contributed by atoms with E-state index in [9.17, 15) is 9.59 Å². The zero-order valence-electron chi connectivity index (χ0n) is 14.5. The van der Waals surface area contributed by atoms with Crippen LogP contribution in [0.3, 0.4) is 0 Å². The van der Waals surface area contributed by atoms with Crippen LogP contribution >= 0.6 is 0 Å². The molecule has 2 N–H and O–H groups in total. The summed E-state index contributed by atoms with van der Waals surface area (Å²) in [4.78, 5) is 24.1. The maximum absolute atomic E-state index is 12.1. The molecule has 0 unspecified atom stereocenters. The predicted molar refractivity (Wildman–Crippen MR) is 97.0 cm³/mol. The molecule has 2 amide bonds. The predicted octanol–water partition coefficient (Wildman–Crippen LogP) is 3.21. The van der Waals surface area contributed by atoms with Gasteiger partial charge in [0.05, 0.1) is 0 Å². The van der Waals surface area contributed by atoms with Crippen molar-refractivity contribution >= 4 is 17.5 Å². The van der Waals surface area contributed by atoms with E-state index in [4.69, 9.17) is 4.74 Å². The Hall–Kier alpha value is -2.82. The summed E-state index contributed by atoms with van der Waals surface area (Å²) < 4.78 is 5.55. The molecular weight excluding hydrogens is 316 g/mol. The summed E-state index contributed by atoms with van der Waals surface area (Å²) in [6, 6.07) is 13.0. The molecule has 1 aliphatic rings. The van der Waals surface area contributed by atoms with Crippen LogP contribution in [0.25, 0.3) is 0 Å². The molecule has 1 aliphatic carbocycles. The molecule has 3 rings (SSSR count). The smallest absolute Gasteiger partial charge is 0.262 e. The standard InChI is InChI=1S/C20H22N2O3/c1-13-8-14(2)10-18(9-13)25-12-19(23)21-17-5-3-4-15(11-17)20(24)22-16-6-7-16/h3-5,8-11,16H,6-7,12H2,1-2H3,(H,21,23)(H,22,24). The Labute approximate surface area is 147 Å². The van der Waals surface area contributed by atoms with Crippen LogP contribution in [0, 0.1) is 13.8 Å². The molecule has 5 heteroatoms. The SMILES string of the molecule is Cc1cc(C)cc(OCC(=O)Nc2cccc(C(=O)NC3CC3)c2)c1. The molecule has 5 nitrogen and oxygen atoms in total. The molecule has 130 valence electrons. The molecule has 0 aliphatic heterocycles. The normalized spacial score (nSPS) is 13.2. The lowest BCUT2D eigenvalue weighted by Crippen LogP contribution is -2.25. The third-order valence-corrected chi connectivity index (χ3v) is 3.89. The van der Waals surface area contributed by atoms with E-state index < -0.39 is 0 Å². The quantitative estimate of drug-likeness (QED) is 0.850. The van der Waals surface area contributed by atoms with E-state index in [0.29, 0.717) is 23.0 Å². The van der Waals surface area contributed by atoms with E-state index in [0.717, 1.165) is 24.0 Å². The average Bonchev–Trinajstić information content (AvgIpc) is 3.36. The molecule has 2 aromatic carbocycles. The summed E-state index contributed by atoms with van der Waals surface area (Å²) in [6.45, 7) is 3.89. The van der Waals surface area contributed by atoms with Gasteiger partial charge in [-0.15, -0.1) is 0 Å². The van der Waals surface area contributed by atoms with Crippen LogP contribution in [0.4, 0.5) is 5.69 Å². The van der Waals surface area contributed by atoms with Gasteiger partial charge in [0.25, 0.3) is 11.8 Å². The fourth-order valence-electron chi connectivity index (χ4n) is 2.60. The molecule has 0 bridgehead atoms. The fraction of sp³-hybridized carbons (Fsp3) is 0.300. The molecule has 0 aromatic heterocycles. The highest BCUT2D eigenvalue weighted by molar-refractivity contribution is 5.97. The number of amides is 2. The first-order valence-corrected chi connectivity index (χ1v) is 8.41. The first-order chi connectivity index (χ1) is 12.0. The van der Waals surface area contributed by atoms with Crippen molar-refractivity contribution in [3.8, 4) is 5.75 Å². The molecule has 1 fully saturated rings. The minimum absolute atomic E-state index is 0.0820. The number of anilines is 1. The summed E-state index contributed by atoms with van der Waals surface area (Å²) in [7, 11) is 0. The van der Waals surface area contributed by atoms with Gasteiger partial charge < -0.3 is 15.4 Å². The Kier molecular flexibility index (Phi) is 5.03. The second-order valence-electron chi connectivity index (χ2n) is 6.49. The third-order valence-electron chi connectivity index (χ3n) is 3.89. The van der Waals surface area contributed by atoms with Gasteiger partial charge in [0.15, 0.2) is 6.61 Å². The second kappa shape index (κ2) is 7.38. The number of rotatable bonds is 6. The van der Waals surface area contributed by atoms with E-state index in [1.807, 2.05) is 32.0 Å². The van der Waals surface area contributed by atoms with E-state index in [-0.39, 0.29) is 18.4 Å². The Morgan fingerprint density at radius 1 is 1.08 bits per heavy atom. The number of nitrogens with one attached hydrogen (secondary N) is 2. The van der Waals surface area contributed by atoms with Crippen LogP contribution in [0.1, 0.15) is 34.3 Å². The van der Waals surface area contributed by atoms with Gasteiger partial charge in [0.2, 0.25) is 0 Å². The van der Waals surface area contributed by atoms with Crippen molar-refractivity contribution in [1.29, 1.82) is 0 Å². The first-order valence-electron chi connectivity index (χ1n) is 8.41. The van der Waals surface area contributed by atoms with E-state index in [1.165, 1.54) is 0 Å². The number of carbonyl (C=O) groups excluding carboxylic acids is 2. The van der Waals surface area contributed by atoms with Crippen LogP contribution in [0.15, 0.2) is 42.5 Å². The number of hydrogen-bond donors (Lipinski definition) is 2. The number of aryl methyl sites for hydroxylation is 2. The van der Waals surface area contributed by atoms with Gasteiger partial charge in [-0.3, -0.25) is 9.59 Å². The summed E-state index contributed by atoms with van der Waals surface area (Å²) in [6.07, 6.45) is 2.08. The average molecular weight is 338 g/mol. The molecule has 0 atom stereocenters. The van der Waals surface area contributed by atoms with E-state index in [1.54, 1.807) is 24.3 Å². The monoisotopic (exact) mass is 338 g/mol. The van der Waals surface area contributed by atoms with Crippen molar-refractivity contribution < 1.29 is 14.3 Å². The zero-order chi connectivity index (χ0) is 17.8. The van der Waals surface area contributed by atoms with Gasteiger partial charge in [0.1, 0.15) is 5.75 Å². The maximum Gasteiger partial charge on any atom is 0.262 e. The first kappa shape index (κ1) is 17.0. The lowest BCUT2D eigenvalue weighted by molar-refractivity contribution is -0.118. The number of carbonyl (C=O) groups is 2. The summed E-state index contributed by atoms with van der Waals surface area (Å²) >= 11 is 0. The van der Waals surface area contributed by atoms with Gasteiger partial charge in [-0.25, -0.2) is 0 Å². The molecule has 1 saturated carbocycles. The molecule has 2 aromatic rings. The van der Waals surface area contributed by atoms with Crippen molar-refractivity contribution in [2.24, 2.45) is 0 Å². The van der Waals surface area contributed by atoms with Crippen LogP contribution in [-0.2, 0) is 4.79 Å². The third kappa shape index (κ3) is 5.08. The number of benzene rings is 2. The van der Waals surface area contributed by atoms with E-state index in [2.05, 4.69) is 10.6 Å². The van der Waals surface area contributed by atoms with Crippen LogP contribution in [0.5, 0.6) is 5.75 Å². The number of ether oxygens (including phenoxy) is 1. The largest absolute Gasteiger partial charge is 0.484 e. The summed E-state index contributed by atoms with van der Waals surface area (Å²) in [5, 5.41) is 5.69. The Morgan fingerprint density at radius 3 is 2.48 bits per heavy atom. The van der Waals surface area contributed by atoms with Crippen molar-refractivity contribution in [3.05, 3.63) is 59.2 Å².